The van der Waals surface area contributed by atoms with Crippen LogP contribution < -0.4 is 0 Å². The van der Waals surface area contributed by atoms with Gasteiger partial charge < -0.3 is 28.4 Å². The SMILES string of the molecule is CCC(CC(C)C(=O)OCCOCCOC)C(=O)OCCOCCOC. The van der Waals surface area contributed by atoms with Gasteiger partial charge in [-0.1, -0.05) is 13.8 Å². The Morgan fingerprint density at radius 1 is 0.731 bits per heavy atom. The van der Waals surface area contributed by atoms with Gasteiger partial charge in [-0.2, -0.15) is 0 Å². The average molecular weight is 378 g/mol. The van der Waals surface area contributed by atoms with Crippen LogP contribution in [-0.4, -0.2) is 79.0 Å². The molecule has 0 spiro atoms. The highest BCUT2D eigenvalue weighted by Gasteiger charge is 2.25. The number of methoxy groups -OCH3 is 2. The second-order valence-corrected chi connectivity index (χ2v) is 5.79. The monoisotopic (exact) mass is 378 g/mol. The van der Waals surface area contributed by atoms with E-state index in [-0.39, 0.29) is 37.0 Å². The van der Waals surface area contributed by atoms with Crippen LogP contribution in [0.3, 0.4) is 0 Å². The predicted octanol–water partition coefficient (Wildman–Crippen LogP) is 1.45. The largest absolute Gasteiger partial charge is 0.463 e. The Morgan fingerprint density at radius 2 is 1.19 bits per heavy atom. The number of esters is 2. The summed E-state index contributed by atoms with van der Waals surface area (Å²) in [5.74, 6) is -1.38. The van der Waals surface area contributed by atoms with Gasteiger partial charge in [0.05, 0.1) is 51.5 Å². The van der Waals surface area contributed by atoms with Gasteiger partial charge in [0.1, 0.15) is 13.2 Å². The molecule has 0 aliphatic heterocycles. The highest BCUT2D eigenvalue weighted by atomic mass is 16.6. The van der Waals surface area contributed by atoms with Gasteiger partial charge in [-0.05, 0) is 12.8 Å². The lowest BCUT2D eigenvalue weighted by Crippen LogP contribution is -2.25. The molecule has 0 heterocycles. The van der Waals surface area contributed by atoms with Crippen molar-refractivity contribution in [3.63, 3.8) is 0 Å². The third-order valence-electron chi connectivity index (χ3n) is 3.67. The second-order valence-electron chi connectivity index (χ2n) is 5.79. The first-order chi connectivity index (χ1) is 12.6. The Balaban J connectivity index is 3.95. The molecule has 0 N–H and O–H groups in total. The average Bonchev–Trinajstić information content (AvgIpc) is 2.64. The second kappa shape index (κ2) is 17.2. The van der Waals surface area contributed by atoms with E-state index in [2.05, 4.69) is 0 Å². The van der Waals surface area contributed by atoms with E-state index in [1.807, 2.05) is 6.92 Å². The summed E-state index contributed by atoms with van der Waals surface area (Å²) in [6.07, 6.45) is 0.990. The molecule has 8 nitrogen and oxygen atoms in total. The standard InChI is InChI=1S/C18H34O8/c1-5-16(18(20)26-13-11-24-9-7-22-4)14-15(2)17(19)25-12-10-23-8-6-21-3/h15-16H,5-14H2,1-4H3. The molecular formula is C18H34O8. The first-order valence-electron chi connectivity index (χ1n) is 9.03. The Kier molecular flexibility index (Phi) is 16.4. The summed E-state index contributed by atoms with van der Waals surface area (Å²) in [5, 5.41) is 0. The molecule has 0 radical (unpaired) electrons. The summed E-state index contributed by atoms with van der Waals surface area (Å²) < 4.78 is 30.5. The van der Waals surface area contributed by atoms with Crippen LogP contribution in [0.15, 0.2) is 0 Å². The molecule has 26 heavy (non-hydrogen) atoms. The minimum atomic E-state index is -0.385. The van der Waals surface area contributed by atoms with Crippen molar-refractivity contribution in [1.29, 1.82) is 0 Å². The van der Waals surface area contributed by atoms with Crippen molar-refractivity contribution >= 4 is 11.9 Å². The highest BCUT2D eigenvalue weighted by molar-refractivity contribution is 5.75. The topological polar surface area (TPSA) is 89.5 Å². The van der Waals surface area contributed by atoms with Crippen LogP contribution in [0.4, 0.5) is 0 Å². The summed E-state index contributed by atoms with van der Waals surface area (Å²) in [5.41, 5.74) is 0. The molecule has 0 amide bonds. The third-order valence-corrected chi connectivity index (χ3v) is 3.67. The van der Waals surface area contributed by atoms with Crippen LogP contribution >= 0.6 is 0 Å². The number of ether oxygens (including phenoxy) is 6. The molecule has 0 aromatic rings. The smallest absolute Gasteiger partial charge is 0.309 e. The van der Waals surface area contributed by atoms with E-state index in [4.69, 9.17) is 28.4 Å². The Hall–Kier alpha value is -1.22. The Morgan fingerprint density at radius 3 is 1.65 bits per heavy atom. The molecule has 0 aliphatic rings. The molecule has 2 atom stereocenters. The fourth-order valence-corrected chi connectivity index (χ4v) is 2.10. The summed E-state index contributed by atoms with van der Waals surface area (Å²) in [6, 6.07) is 0. The number of rotatable bonds is 17. The number of hydrogen-bond acceptors (Lipinski definition) is 8. The van der Waals surface area contributed by atoms with Crippen molar-refractivity contribution in [2.75, 3.05) is 67.1 Å². The molecule has 8 heteroatoms. The molecule has 0 saturated heterocycles. The van der Waals surface area contributed by atoms with E-state index < -0.39 is 0 Å². The number of hydrogen-bond donors (Lipinski definition) is 0. The quantitative estimate of drug-likeness (QED) is 0.278. The van der Waals surface area contributed by atoms with Gasteiger partial charge in [0.2, 0.25) is 0 Å². The Bertz CT molecular complexity index is 361. The van der Waals surface area contributed by atoms with Crippen molar-refractivity contribution in [3.05, 3.63) is 0 Å². The molecule has 0 aromatic heterocycles. The lowest BCUT2D eigenvalue weighted by atomic mass is 9.94. The van der Waals surface area contributed by atoms with E-state index in [0.29, 0.717) is 52.5 Å². The zero-order valence-corrected chi connectivity index (χ0v) is 16.5. The van der Waals surface area contributed by atoms with Crippen molar-refractivity contribution in [3.8, 4) is 0 Å². The van der Waals surface area contributed by atoms with Crippen LogP contribution in [0.5, 0.6) is 0 Å². The molecular weight excluding hydrogens is 344 g/mol. The fraction of sp³-hybridized carbons (Fsp3) is 0.889. The number of carbonyl (C=O) groups excluding carboxylic acids is 2. The van der Waals surface area contributed by atoms with Gasteiger partial charge in [0, 0.05) is 14.2 Å². The normalized spacial score (nSPS) is 13.2. The molecule has 2 unspecified atom stereocenters. The molecule has 0 aromatic carbocycles. The Labute approximate surface area is 156 Å². The van der Waals surface area contributed by atoms with Crippen LogP contribution in [0.2, 0.25) is 0 Å². The first-order valence-corrected chi connectivity index (χ1v) is 9.03. The van der Waals surface area contributed by atoms with Crippen molar-refractivity contribution < 1.29 is 38.0 Å². The zero-order valence-electron chi connectivity index (χ0n) is 16.5. The maximum Gasteiger partial charge on any atom is 0.309 e. The molecule has 154 valence electrons. The maximum atomic E-state index is 12.1. The van der Waals surface area contributed by atoms with E-state index in [1.165, 1.54) is 0 Å². The summed E-state index contributed by atoms with van der Waals surface area (Å²) in [6.45, 7) is 6.59. The first kappa shape index (κ1) is 24.8. The zero-order chi connectivity index (χ0) is 19.6. The maximum absolute atomic E-state index is 12.1. The summed E-state index contributed by atoms with van der Waals surface area (Å²) in [4.78, 5) is 24.1. The van der Waals surface area contributed by atoms with Gasteiger partial charge in [-0.25, -0.2) is 0 Å². The minimum absolute atomic E-state index is 0.187. The van der Waals surface area contributed by atoms with Crippen LogP contribution in [0.25, 0.3) is 0 Å². The fourth-order valence-electron chi connectivity index (χ4n) is 2.10. The van der Waals surface area contributed by atoms with Gasteiger partial charge in [0.15, 0.2) is 0 Å². The van der Waals surface area contributed by atoms with Crippen LogP contribution in [0.1, 0.15) is 26.7 Å². The van der Waals surface area contributed by atoms with E-state index in [1.54, 1.807) is 21.1 Å². The van der Waals surface area contributed by atoms with E-state index in [0.717, 1.165) is 0 Å². The predicted molar refractivity (Wildman–Crippen MR) is 94.9 cm³/mol. The van der Waals surface area contributed by atoms with Crippen molar-refractivity contribution in [2.24, 2.45) is 11.8 Å². The molecule has 0 fully saturated rings. The third kappa shape index (κ3) is 13.0. The van der Waals surface area contributed by atoms with Crippen molar-refractivity contribution in [2.45, 2.75) is 26.7 Å². The summed E-state index contributed by atoms with van der Waals surface area (Å²) >= 11 is 0. The molecule has 0 rings (SSSR count). The number of carbonyl (C=O) groups is 2. The van der Waals surface area contributed by atoms with E-state index in [9.17, 15) is 9.59 Å². The summed E-state index contributed by atoms with van der Waals surface area (Å²) in [7, 11) is 3.19. The van der Waals surface area contributed by atoms with Gasteiger partial charge in [-0.3, -0.25) is 9.59 Å². The lowest BCUT2D eigenvalue weighted by molar-refractivity contribution is -0.154. The van der Waals surface area contributed by atoms with Gasteiger partial charge >= 0.3 is 11.9 Å². The highest BCUT2D eigenvalue weighted by Crippen LogP contribution is 2.18. The minimum Gasteiger partial charge on any atom is -0.463 e. The molecule has 0 saturated carbocycles. The van der Waals surface area contributed by atoms with Crippen molar-refractivity contribution in [1.82, 2.24) is 0 Å². The van der Waals surface area contributed by atoms with Crippen LogP contribution in [-0.2, 0) is 38.0 Å². The van der Waals surface area contributed by atoms with Gasteiger partial charge in [0.25, 0.3) is 0 Å². The molecule has 0 bridgehead atoms. The lowest BCUT2D eigenvalue weighted by Gasteiger charge is -2.18. The van der Waals surface area contributed by atoms with Gasteiger partial charge in [-0.15, -0.1) is 0 Å². The van der Waals surface area contributed by atoms with E-state index >= 15 is 0 Å². The van der Waals surface area contributed by atoms with Crippen LogP contribution in [0, 0.1) is 11.8 Å². The molecule has 0 aliphatic carbocycles.